The van der Waals surface area contributed by atoms with Crippen molar-refractivity contribution in [2.45, 2.75) is 37.4 Å². The number of benzene rings is 1. The fourth-order valence-electron chi connectivity index (χ4n) is 3.28. The number of nitrogens with one attached hydrogen (secondary N) is 1. The van der Waals surface area contributed by atoms with Crippen LogP contribution in [0.15, 0.2) is 53.7 Å². The molecule has 1 amide bonds. The zero-order valence-electron chi connectivity index (χ0n) is 15.0. The summed E-state index contributed by atoms with van der Waals surface area (Å²) in [6, 6.07) is 12.3. The SMILES string of the molecule is CC1CN(Sc2cccnc2)CC(C)N1Cc1ccc(C(=O)NO)cc1. The summed E-state index contributed by atoms with van der Waals surface area (Å²) in [6.07, 6.45) is 3.69. The minimum atomic E-state index is -0.487. The molecule has 138 valence electrons. The number of rotatable bonds is 5. The molecule has 1 aromatic heterocycles. The van der Waals surface area contributed by atoms with E-state index in [0.717, 1.165) is 30.1 Å². The van der Waals surface area contributed by atoms with E-state index in [9.17, 15) is 4.79 Å². The lowest BCUT2D eigenvalue weighted by Crippen LogP contribution is -2.54. The van der Waals surface area contributed by atoms with Crippen molar-refractivity contribution >= 4 is 17.9 Å². The van der Waals surface area contributed by atoms with E-state index < -0.39 is 5.91 Å². The maximum atomic E-state index is 11.4. The molecule has 2 aromatic rings. The third-order valence-electron chi connectivity index (χ3n) is 4.62. The first-order valence-corrected chi connectivity index (χ1v) is 9.46. The Morgan fingerprint density at radius 1 is 1.23 bits per heavy atom. The van der Waals surface area contributed by atoms with Gasteiger partial charge in [-0.1, -0.05) is 12.1 Å². The molecule has 3 rings (SSSR count). The third kappa shape index (κ3) is 4.62. The van der Waals surface area contributed by atoms with Crippen LogP contribution in [-0.2, 0) is 6.54 Å². The topological polar surface area (TPSA) is 68.7 Å². The lowest BCUT2D eigenvalue weighted by Gasteiger charge is -2.43. The molecule has 7 heteroatoms. The summed E-state index contributed by atoms with van der Waals surface area (Å²) in [4.78, 5) is 19.3. The summed E-state index contributed by atoms with van der Waals surface area (Å²) >= 11 is 1.76. The fraction of sp³-hybridized carbons (Fsp3) is 0.368. The van der Waals surface area contributed by atoms with Crippen LogP contribution < -0.4 is 5.48 Å². The van der Waals surface area contributed by atoms with E-state index in [2.05, 4.69) is 34.1 Å². The van der Waals surface area contributed by atoms with Crippen LogP contribution in [0.1, 0.15) is 29.8 Å². The standard InChI is InChI=1S/C19H24N4O2S/c1-14-11-22(26-18-4-3-9-20-10-18)12-15(2)23(14)13-16-5-7-17(8-6-16)19(24)21-25/h3-10,14-15,25H,11-13H2,1-2H3,(H,21,24). The molecule has 1 aliphatic heterocycles. The summed E-state index contributed by atoms with van der Waals surface area (Å²) in [5.41, 5.74) is 3.27. The van der Waals surface area contributed by atoms with E-state index in [1.54, 1.807) is 35.8 Å². The van der Waals surface area contributed by atoms with Gasteiger partial charge in [0.2, 0.25) is 0 Å². The molecule has 1 saturated heterocycles. The van der Waals surface area contributed by atoms with Crippen LogP contribution in [0.5, 0.6) is 0 Å². The molecule has 0 spiro atoms. The van der Waals surface area contributed by atoms with Crippen molar-refractivity contribution < 1.29 is 10.0 Å². The summed E-state index contributed by atoms with van der Waals surface area (Å²) in [5.74, 6) is -0.487. The molecular weight excluding hydrogens is 348 g/mol. The van der Waals surface area contributed by atoms with Gasteiger partial charge in [-0.15, -0.1) is 0 Å². The van der Waals surface area contributed by atoms with E-state index in [0.29, 0.717) is 17.6 Å². The summed E-state index contributed by atoms with van der Waals surface area (Å²) < 4.78 is 2.40. The Balaban J connectivity index is 1.60. The minimum Gasteiger partial charge on any atom is -0.291 e. The van der Waals surface area contributed by atoms with Gasteiger partial charge in [0.15, 0.2) is 0 Å². The third-order valence-corrected chi connectivity index (χ3v) is 5.63. The number of pyridine rings is 1. The van der Waals surface area contributed by atoms with Crippen molar-refractivity contribution in [2.75, 3.05) is 13.1 Å². The Kier molecular flexibility index (Phi) is 6.26. The smallest absolute Gasteiger partial charge is 0.274 e. The zero-order valence-corrected chi connectivity index (χ0v) is 15.8. The molecule has 2 unspecified atom stereocenters. The van der Waals surface area contributed by atoms with Gasteiger partial charge in [0.1, 0.15) is 0 Å². The highest BCUT2D eigenvalue weighted by atomic mass is 32.2. The number of aromatic nitrogens is 1. The molecule has 26 heavy (non-hydrogen) atoms. The molecule has 1 aromatic carbocycles. The first-order valence-electron chi connectivity index (χ1n) is 8.69. The quantitative estimate of drug-likeness (QED) is 0.478. The van der Waals surface area contributed by atoms with Gasteiger partial charge >= 0.3 is 0 Å². The maximum Gasteiger partial charge on any atom is 0.274 e. The zero-order chi connectivity index (χ0) is 18.5. The average Bonchev–Trinajstić information content (AvgIpc) is 2.65. The Morgan fingerprint density at radius 2 is 1.92 bits per heavy atom. The molecule has 2 atom stereocenters. The molecule has 0 bridgehead atoms. The van der Waals surface area contributed by atoms with Gasteiger partial charge in [-0.3, -0.25) is 19.9 Å². The number of nitrogens with zero attached hydrogens (tertiary/aromatic N) is 3. The Labute approximate surface area is 158 Å². The number of hydrogen-bond donors (Lipinski definition) is 2. The lowest BCUT2D eigenvalue weighted by atomic mass is 10.1. The molecule has 1 fully saturated rings. The van der Waals surface area contributed by atoms with Crippen LogP contribution in [0.2, 0.25) is 0 Å². The number of carbonyl (C=O) groups excluding carboxylic acids is 1. The lowest BCUT2D eigenvalue weighted by molar-refractivity contribution is 0.0705. The normalized spacial score (nSPS) is 21.5. The highest BCUT2D eigenvalue weighted by Crippen LogP contribution is 2.28. The van der Waals surface area contributed by atoms with Gasteiger partial charge in [0, 0.05) is 54.6 Å². The number of hydrogen-bond acceptors (Lipinski definition) is 6. The number of hydroxylamine groups is 1. The highest BCUT2D eigenvalue weighted by molar-refractivity contribution is 7.97. The Morgan fingerprint density at radius 3 is 2.50 bits per heavy atom. The van der Waals surface area contributed by atoms with E-state index in [4.69, 9.17) is 5.21 Å². The molecular formula is C19H24N4O2S. The van der Waals surface area contributed by atoms with Gasteiger partial charge in [-0.25, -0.2) is 9.79 Å². The Hall–Kier alpha value is -1.93. The molecule has 6 nitrogen and oxygen atoms in total. The van der Waals surface area contributed by atoms with Crippen LogP contribution in [0.3, 0.4) is 0 Å². The van der Waals surface area contributed by atoms with E-state index in [1.165, 1.54) is 0 Å². The first-order chi connectivity index (χ1) is 12.6. The predicted molar refractivity (Wildman–Crippen MR) is 102 cm³/mol. The minimum absolute atomic E-state index is 0.420. The van der Waals surface area contributed by atoms with Gasteiger partial charge < -0.3 is 0 Å². The Bertz CT molecular complexity index is 714. The first kappa shape index (κ1) is 18.8. The van der Waals surface area contributed by atoms with Crippen LogP contribution in [-0.4, -0.2) is 50.5 Å². The second kappa shape index (κ2) is 8.64. The van der Waals surface area contributed by atoms with E-state index in [1.807, 2.05) is 24.4 Å². The largest absolute Gasteiger partial charge is 0.291 e. The van der Waals surface area contributed by atoms with Crippen LogP contribution >= 0.6 is 11.9 Å². The molecule has 0 saturated carbocycles. The number of piperazine rings is 1. The van der Waals surface area contributed by atoms with Crippen molar-refractivity contribution in [2.24, 2.45) is 0 Å². The van der Waals surface area contributed by atoms with Gasteiger partial charge in [0.05, 0.1) is 0 Å². The summed E-state index contributed by atoms with van der Waals surface area (Å²) in [5, 5.41) is 8.70. The second-order valence-electron chi connectivity index (χ2n) is 6.64. The molecule has 1 aliphatic rings. The van der Waals surface area contributed by atoms with Crippen molar-refractivity contribution in [1.29, 1.82) is 0 Å². The molecule has 2 N–H and O–H groups in total. The maximum absolute atomic E-state index is 11.4. The molecule has 0 aliphatic carbocycles. The van der Waals surface area contributed by atoms with Crippen molar-refractivity contribution in [3.05, 3.63) is 59.9 Å². The summed E-state index contributed by atoms with van der Waals surface area (Å²) in [7, 11) is 0. The second-order valence-corrected chi connectivity index (χ2v) is 7.81. The summed E-state index contributed by atoms with van der Waals surface area (Å²) in [6.45, 7) is 7.30. The van der Waals surface area contributed by atoms with Crippen LogP contribution in [0.25, 0.3) is 0 Å². The van der Waals surface area contributed by atoms with Crippen LogP contribution in [0.4, 0.5) is 0 Å². The fourth-order valence-corrected chi connectivity index (χ4v) is 4.41. The molecule has 0 radical (unpaired) electrons. The predicted octanol–water partition coefficient (Wildman–Crippen LogP) is 2.80. The molecule has 2 heterocycles. The van der Waals surface area contributed by atoms with E-state index >= 15 is 0 Å². The van der Waals surface area contributed by atoms with Gasteiger partial charge in [-0.05, 0) is 55.6 Å². The van der Waals surface area contributed by atoms with Gasteiger partial charge in [-0.2, -0.15) is 0 Å². The van der Waals surface area contributed by atoms with Crippen LogP contribution in [0, 0.1) is 0 Å². The van der Waals surface area contributed by atoms with Gasteiger partial charge in [0.25, 0.3) is 5.91 Å². The van der Waals surface area contributed by atoms with Crippen molar-refractivity contribution in [3.63, 3.8) is 0 Å². The van der Waals surface area contributed by atoms with E-state index in [-0.39, 0.29) is 0 Å². The highest BCUT2D eigenvalue weighted by Gasteiger charge is 2.29. The monoisotopic (exact) mass is 372 g/mol. The van der Waals surface area contributed by atoms with Crippen molar-refractivity contribution in [1.82, 2.24) is 19.7 Å². The average molecular weight is 372 g/mol. The number of carbonyl (C=O) groups is 1. The number of amides is 1. The van der Waals surface area contributed by atoms with Crippen molar-refractivity contribution in [3.8, 4) is 0 Å².